The maximum atomic E-state index is 12.5. The predicted octanol–water partition coefficient (Wildman–Crippen LogP) is 3.40. The number of aliphatic carboxylic acids is 1. The fraction of sp³-hybridized carbons (Fsp3) is 0.500. The number of nitrogens with zero attached hydrogens (tertiary/aromatic N) is 1. The Balaban J connectivity index is 1.71. The van der Waals surface area contributed by atoms with Crippen LogP contribution in [0.4, 0.5) is 0 Å². The van der Waals surface area contributed by atoms with E-state index < -0.39 is 17.4 Å². The third-order valence-electron chi connectivity index (χ3n) is 4.88. The van der Waals surface area contributed by atoms with Crippen molar-refractivity contribution in [3.8, 4) is 10.8 Å². The average Bonchev–Trinajstić information content (AvgIpc) is 3.17. The van der Waals surface area contributed by atoms with Gasteiger partial charge in [0.2, 0.25) is 11.8 Å². The fourth-order valence-electron chi connectivity index (χ4n) is 3.49. The van der Waals surface area contributed by atoms with E-state index in [2.05, 4.69) is 10.3 Å². The number of carbonyl (C=O) groups is 2. The summed E-state index contributed by atoms with van der Waals surface area (Å²) >= 11 is 1.53. The molecule has 6 nitrogen and oxygen atoms in total. The molecule has 25 heavy (non-hydrogen) atoms. The molecule has 1 aliphatic rings. The van der Waals surface area contributed by atoms with Crippen LogP contribution in [0.1, 0.15) is 44.1 Å². The van der Waals surface area contributed by atoms with E-state index in [1.54, 1.807) is 6.92 Å². The Bertz CT molecular complexity index is 768. The van der Waals surface area contributed by atoms with Crippen molar-refractivity contribution in [1.82, 2.24) is 10.3 Å². The normalized spacial score (nSPS) is 23.4. The zero-order valence-corrected chi connectivity index (χ0v) is 15.2. The van der Waals surface area contributed by atoms with Gasteiger partial charge in [0.15, 0.2) is 0 Å². The molecule has 1 amide bonds. The predicted molar refractivity (Wildman–Crippen MR) is 94.4 cm³/mol. The second-order valence-electron chi connectivity index (χ2n) is 6.78. The van der Waals surface area contributed by atoms with Crippen LogP contribution in [0.25, 0.3) is 10.8 Å². The number of thiophene rings is 1. The van der Waals surface area contributed by atoms with E-state index in [1.807, 2.05) is 24.4 Å². The smallest absolute Gasteiger partial charge is 0.308 e. The van der Waals surface area contributed by atoms with Crippen molar-refractivity contribution >= 4 is 23.2 Å². The van der Waals surface area contributed by atoms with Gasteiger partial charge < -0.3 is 14.8 Å². The molecule has 1 fully saturated rings. The molecule has 7 heteroatoms. The fourth-order valence-corrected chi connectivity index (χ4v) is 4.14. The van der Waals surface area contributed by atoms with Gasteiger partial charge in [-0.2, -0.15) is 0 Å². The lowest BCUT2D eigenvalue weighted by Crippen LogP contribution is -2.55. The average molecular weight is 362 g/mol. The molecule has 1 aliphatic carbocycles. The van der Waals surface area contributed by atoms with E-state index in [4.69, 9.17) is 4.42 Å². The third kappa shape index (κ3) is 3.76. The van der Waals surface area contributed by atoms with Gasteiger partial charge >= 0.3 is 5.97 Å². The van der Waals surface area contributed by atoms with Crippen LogP contribution in [0, 0.1) is 12.8 Å². The number of aromatic nitrogens is 1. The van der Waals surface area contributed by atoms with Crippen LogP contribution in [0.5, 0.6) is 0 Å². The summed E-state index contributed by atoms with van der Waals surface area (Å²) in [5, 5.41) is 14.3. The largest absolute Gasteiger partial charge is 0.481 e. The topological polar surface area (TPSA) is 92.4 Å². The highest BCUT2D eigenvalue weighted by molar-refractivity contribution is 7.13. The van der Waals surface area contributed by atoms with E-state index in [0.717, 1.165) is 17.7 Å². The quantitative estimate of drug-likeness (QED) is 0.850. The Hall–Kier alpha value is -2.15. The Morgan fingerprint density at radius 3 is 2.96 bits per heavy atom. The SMILES string of the molecule is Cc1oc(-c2cccs2)nc1CC(=O)NC1(C)CCCCC1C(=O)O. The van der Waals surface area contributed by atoms with Crippen molar-refractivity contribution in [3.63, 3.8) is 0 Å². The van der Waals surface area contributed by atoms with Crippen molar-refractivity contribution < 1.29 is 19.1 Å². The molecule has 1 saturated carbocycles. The molecule has 2 atom stereocenters. The number of aryl methyl sites for hydroxylation is 1. The molecule has 0 saturated heterocycles. The molecular formula is C18H22N2O4S. The molecule has 0 aliphatic heterocycles. The van der Waals surface area contributed by atoms with Crippen LogP contribution in [0.2, 0.25) is 0 Å². The van der Waals surface area contributed by atoms with E-state index in [1.165, 1.54) is 11.3 Å². The summed E-state index contributed by atoms with van der Waals surface area (Å²) in [5.41, 5.74) is -0.123. The maximum Gasteiger partial charge on any atom is 0.308 e. The highest BCUT2D eigenvalue weighted by atomic mass is 32.1. The molecule has 2 aromatic heterocycles. The molecule has 2 unspecified atom stereocenters. The van der Waals surface area contributed by atoms with Crippen LogP contribution in [0.3, 0.4) is 0 Å². The Morgan fingerprint density at radius 2 is 2.28 bits per heavy atom. The van der Waals surface area contributed by atoms with Gasteiger partial charge in [-0.25, -0.2) is 4.98 Å². The molecule has 0 bridgehead atoms. The lowest BCUT2D eigenvalue weighted by molar-refractivity contribution is -0.146. The van der Waals surface area contributed by atoms with Crippen LogP contribution >= 0.6 is 11.3 Å². The summed E-state index contributed by atoms with van der Waals surface area (Å²) in [5.74, 6) is -0.486. The van der Waals surface area contributed by atoms with Gasteiger partial charge in [0.05, 0.1) is 28.4 Å². The Labute approximate surface area is 150 Å². The maximum absolute atomic E-state index is 12.5. The number of hydrogen-bond donors (Lipinski definition) is 2. The first-order valence-corrected chi connectivity index (χ1v) is 9.31. The number of oxazole rings is 1. The summed E-state index contributed by atoms with van der Waals surface area (Å²) in [4.78, 5) is 29.4. The summed E-state index contributed by atoms with van der Waals surface area (Å²) in [6, 6.07) is 3.84. The highest BCUT2D eigenvalue weighted by Crippen LogP contribution is 2.34. The summed E-state index contributed by atoms with van der Waals surface area (Å²) in [6.45, 7) is 3.62. The lowest BCUT2D eigenvalue weighted by Gasteiger charge is -2.39. The summed E-state index contributed by atoms with van der Waals surface area (Å²) in [7, 11) is 0. The minimum atomic E-state index is -0.847. The molecule has 0 spiro atoms. The first-order valence-electron chi connectivity index (χ1n) is 8.43. The van der Waals surface area contributed by atoms with Crippen molar-refractivity contribution in [2.24, 2.45) is 5.92 Å². The number of carboxylic acid groups (broad SMARTS) is 1. The van der Waals surface area contributed by atoms with Crippen LogP contribution in [-0.2, 0) is 16.0 Å². The molecule has 2 aromatic rings. The molecule has 2 N–H and O–H groups in total. The van der Waals surface area contributed by atoms with Gasteiger partial charge in [0, 0.05) is 0 Å². The second-order valence-corrected chi connectivity index (χ2v) is 7.73. The summed E-state index contributed by atoms with van der Waals surface area (Å²) < 4.78 is 5.66. The molecular weight excluding hydrogens is 340 g/mol. The van der Waals surface area contributed by atoms with Crippen molar-refractivity contribution in [2.75, 3.05) is 0 Å². The van der Waals surface area contributed by atoms with Crippen LogP contribution in [-0.4, -0.2) is 27.5 Å². The second kappa shape index (κ2) is 7.00. The minimum absolute atomic E-state index is 0.0860. The molecule has 134 valence electrons. The minimum Gasteiger partial charge on any atom is -0.481 e. The number of nitrogens with one attached hydrogen (secondary N) is 1. The molecule has 2 heterocycles. The van der Waals surface area contributed by atoms with Crippen molar-refractivity contribution in [1.29, 1.82) is 0 Å². The van der Waals surface area contributed by atoms with E-state index in [0.29, 0.717) is 30.2 Å². The van der Waals surface area contributed by atoms with Gasteiger partial charge in [0.1, 0.15) is 5.76 Å². The Morgan fingerprint density at radius 1 is 1.48 bits per heavy atom. The zero-order valence-electron chi connectivity index (χ0n) is 14.4. The van der Waals surface area contributed by atoms with Crippen LogP contribution < -0.4 is 5.32 Å². The number of hydrogen-bond acceptors (Lipinski definition) is 5. The Kier molecular flexibility index (Phi) is 4.94. The number of rotatable bonds is 5. The zero-order chi connectivity index (χ0) is 18.0. The van der Waals surface area contributed by atoms with Crippen molar-refractivity contribution in [2.45, 2.75) is 51.5 Å². The highest BCUT2D eigenvalue weighted by Gasteiger charge is 2.42. The van der Waals surface area contributed by atoms with Gasteiger partial charge in [0.25, 0.3) is 0 Å². The van der Waals surface area contributed by atoms with Gasteiger partial charge in [-0.1, -0.05) is 18.9 Å². The first kappa shape index (κ1) is 17.7. The first-order chi connectivity index (χ1) is 11.9. The van der Waals surface area contributed by atoms with Gasteiger partial charge in [-0.15, -0.1) is 11.3 Å². The molecule has 0 radical (unpaired) electrons. The van der Waals surface area contributed by atoms with Crippen molar-refractivity contribution in [3.05, 3.63) is 29.0 Å². The number of carbonyl (C=O) groups excluding carboxylic acids is 1. The summed E-state index contributed by atoms with van der Waals surface area (Å²) in [6.07, 6.45) is 3.16. The third-order valence-corrected chi connectivity index (χ3v) is 5.74. The van der Waals surface area contributed by atoms with E-state index >= 15 is 0 Å². The number of carboxylic acids is 1. The van der Waals surface area contributed by atoms with Gasteiger partial charge in [-0.05, 0) is 38.1 Å². The number of amides is 1. The monoisotopic (exact) mass is 362 g/mol. The van der Waals surface area contributed by atoms with Crippen LogP contribution in [0.15, 0.2) is 21.9 Å². The van der Waals surface area contributed by atoms with E-state index in [9.17, 15) is 14.7 Å². The molecule has 3 rings (SSSR count). The van der Waals surface area contributed by atoms with E-state index in [-0.39, 0.29) is 12.3 Å². The standard InChI is InChI=1S/C18H22N2O4S/c1-11-13(19-16(24-11)14-7-5-9-25-14)10-15(21)20-18(2)8-4-3-6-12(18)17(22)23/h5,7,9,12H,3-4,6,8,10H2,1-2H3,(H,20,21)(H,22,23). The van der Waals surface area contributed by atoms with Gasteiger partial charge in [-0.3, -0.25) is 9.59 Å². The molecule has 0 aromatic carbocycles. The lowest BCUT2D eigenvalue weighted by atomic mass is 9.74.